The van der Waals surface area contributed by atoms with Crippen LogP contribution in [0, 0.1) is 17.6 Å². The van der Waals surface area contributed by atoms with Crippen LogP contribution >= 0.6 is 0 Å². The standard InChI is InChI=1S/C21H23F2NO/c22-18-12-11-17(14-19(18)23)21(25)24-20(16-9-5-2-6-10-16)13-15-7-3-1-4-8-15/h1,3-4,7-8,11-12,14,16,20H,2,5-6,9-10,13H2,(H,24,25). The number of carbonyl (C=O) groups excluding carboxylic acids is 1. The van der Waals surface area contributed by atoms with Crippen molar-refractivity contribution in [3.8, 4) is 0 Å². The van der Waals surface area contributed by atoms with Crippen molar-refractivity contribution in [3.05, 3.63) is 71.3 Å². The maximum absolute atomic E-state index is 13.4. The Morgan fingerprint density at radius 1 is 1.00 bits per heavy atom. The topological polar surface area (TPSA) is 29.1 Å². The summed E-state index contributed by atoms with van der Waals surface area (Å²) in [7, 11) is 0. The van der Waals surface area contributed by atoms with E-state index in [0.29, 0.717) is 5.92 Å². The summed E-state index contributed by atoms with van der Waals surface area (Å²) < 4.78 is 26.5. The second-order valence-electron chi connectivity index (χ2n) is 6.80. The van der Waals surface area contributed by atoms with Gasteiger partial charge < -0.3 is 5.32 Å². The van der Waals surface area contributed by atoms with Crippen molar-refractivity contribution >= 4 is 5.91 Å². The van der Waals surface area contributed by atoms with Crippen molar-refractivity contribution < 1.29 is 13.6 Å². The van der Waals surface area contributed by atoms with E-state index in [1.54, 1.807) is 0 Å². The summed E-state index contributed by atoms with van der Waals surface area (Å²) in [4.78, 5) is 12.6. The molecule has 0 spiro atoms. The highest BCUT2D eigenvalue weighted by Gasteiger charge is 2.26. The monoisotopic (exact) mass is 343 g/mol. The second-order valence-corrected chi connectivity index (χ2v) is 6.80. The third-order valence-corrected chi connectivity index (χ3v) is 5.02. The predicted molar refractivity (Wildman–Crippen MR) is 94.3 cm³/mol. The fourth-order valence-electron chi connectivity index (χ4n) is 3.63. The van der Waals surface area contributed by atoms with E-state index in [4.69, 9.17) is 0 Å². The van der Waals surface area contributed by atoms with Crippen molar-refractivity contribution in [2.75, 3.05) is 0 Å². The van der Waals surface area contributed by atoms with Crippen molar-refractivity contribution in [2.24, 2.45) is 5.92 Å². The van der Waals surface area contributed by atoms with Crippen LogP contribution in [0.1, 0.15) is 48.0 Å². The molecular formula is C21H23F2NO. The molecule has 4 heteroatoms. The van der Waals surface area contributed by atoms with Gasteiger partial charge in [-0.05, 0) is 48.9 Å². The number of amides is 1. The third kappa shape index (κ3) is 4.65. The lowest BCUT2D eigenvalue weighted by molar-refractivity contribution is 0.0912. The summed E-state index contributed by atoms with van der Waals surface area (Å²) in [5.74, 6) is -1.86. The van der Waals surface area contributed by atoms with Crippen LogP contribution < -0.4 is 5.32 Å². The number of benzene rings is 2. The zero-order valence-electron chi connectivity index (χ0n) is 14.2. The third-order valence-electron chi connectivity index (χ3n) is 5.02. The minimum absolute atomic E-state index is 0.00307. The van der Waals surface area contributed by atoms with Crippen LogP contribution in [0.3, 0.4) is 0 Å². The molecule has 0 heterocycles. The van der Waals surface area contributed by atoms with Gasteiger partial charge >= 0.3 is 0 Å². The Balaban J connectivity index is 1.75. The minimum Gasteiger partial charge on any atom is -0.349 e. The van der Waals surface area contributed by atoms with Gasteiger partial charge in [0.15, 0.2) is 11.6 Å². The SMILES string of the molecule is O=C(NC(Cc1ccccc1)C1CCCCC1)c1ccc(F)c(F)c1. The van der Waals surface area contributed by atoms with Gasteiger partial charge in [-0.15, -0.1) is 0 Å². The van der Waals surface area contributed by atoms with Crippen LogP contribution in [0.2, 0.25) is 0 Å². The summed E-state index contributed by atoms with van der Waals surface area (Å²) >= 11 is 0. The molecule has 0 saturated heterocycles. The molecule has 3 rings (SSSR count). The number of hydrogen-bond donors (Lipinski definition) is 1. The van der Waals surface area contributed by atoms with Crippen molar-refractivity contribution in [2.45, 2.75) is 44.6 Å². The molecule has 1 aliphatic rings. The summed E-state index contributed by atoms with van der Waals surface area (Å²) in [6.07, 6.45) is 6.53. The molecule has 2 nitrogen and oxygen atoms in total. The Morgan fingerprint density at radius 3 is 2.40 bits per heavy atom. The molecule has 25 heavy (non-hydrogen) atoms. The molecular weight excluding hydrogens is 320 g/mol. The van der Waals surface area contributed by atoms with E-state index < -0.39 is 11.6 Å². The maximum atomic E-state index is 13.4. The molecule has 1 amide bonds. The predicted octanol–water partition coefficient (Wildman–Crippen LogP) is 4.89. The van der Waals surface area contributed by atoms with Gasteiger partial charge in [0.25, 0.3) is 5.91 Å². The van der Waals surface area contributed by atoms with E-state index in [0.717, 1.165) is 31.4 Å². The molecule has 1 atom stereocenters. The minimum atomic E-state index is -0.995. The fourth-order valence-corrected chi connectivity index (χ4v) is 3.63. The van der Waals surface area contributed by atoms with Crippen LogP contribution in [0.15, 0.2) is 48.5 Å². The van der Waals surface area contributed by atoms with Gasteiger partial charge in [0.2, 0.25) is 0 Å². The summed E-state index contributed by atoms with van der Waals surface area (Å²) in [6, 6.07) is 13.4. The molecule has 1 unspecified atom stereocenters. The largest absolute Gasteiger partial charge is 0.349 e. The summed E-state index contributed by atoms with van der Waals surface area (Å²) in [6.45, 7) is 0. The molecule has 1 saturated carbocycles. The molecule has 0 aliphatic heterocycles. The van der Waals surface area contributed by atoms with Gasteiger partial charge in [-0.2, -0.15) is 0 Å². The number of hydrogen-bond acceptors (Lipinski definition) is 1. The lowest BCUT2D eigenvalue weighted by Crippen LogP contribution is -2.42. The van der Waals surface area contributed by atoms with E-state index in [1.807, 2.05) is 18.2 Å². The van der Waals surface area contributed by atoms with Crippen molar-refractivity contribution in [1.82, 2.24) is 5.32 Å². The van der Waals surface area contributed by atoms with Crippen LogP contribution in [0.25, 0.3) is 0 Å². The van der Waals surface area contributed by atoms with Gasteiger partial charge in [-0.3, -0.25) is 4.79 Å². The normalized spacial score (nSPS) is 16.4. The molecule has 2 aromatic carbocycles. The Bertz CT molecular complexity index is 711. The Kier molecular flexibility index (Phi) is 5.79. The van der Waals surface area contributed by atoms with Gasteiger partial charge in [0.1, 0.15) is 0 Å². The summed E-state index contributed by atoms with van der Waals surface area (Å²) in [5.41, 5.74) is 1.33. The van der Waals surface area contributed by atoms with Crippen molar-refractivity contribution in [1.29, 1.82) is 0 Å². The van der Waals surface area contributed by atoms with E-state index in [1.165, 1.54) is 30.9 Å². The van der Waals surface area contributed by atoms with E-state index in [-0.39, 0.29) is 17.5 Å². The van der Waals surface area contributed by atoms with Crippen LogP contribution in [-0.2, 0) is 6.42 Å². The summed E-state index contributed by atoms with van der Waals surface area (Å²) in [5, 5.41) is 3.07. The lowest BCUT2D eigenvalue weighted by atomic mass is 9.81. The molecule has 2 aromatic rings. The molecule has 1 N–H and O–H groups in total. The van der Waals surface area contributed by atoms with Crippen LogP contribution in [0.4, 0.5) is 8.78 Å². The molecule has 1 fully saturated rings. The average molecular weight is 343 g/mol. The van der Waals surface area contributed by atoms with Crippen LogP contribution in [-0.4, -0.2) is 11.9 Å². The highest BCUT2D eigenvalue weighted by atomic mass is 19.2. The first-order chi connectivity index (χ1) is 12.1. The van der Waals surface area contributed by atoms with E-state index in [2.05, 4.69) is 17.4 Å². The molecule has 0 aromatic heterocycles. The van der Waals surface area contributed by atoms with E-state index >= 15 is 0 Å². The van der Waals surface area contributed by atoms with E-state index in [9.17, 15) is 13.6 Å². The lowest BCUT2D eigenvalue weighted by Gasteiger charge is -2.31. The molecule has 132 valence electrons. The number of rotatable bonds is 5. The highest BCUT2D eigenvalue weighted by molar-refractivity contribution is 5.94. The van der Waals surface area contributed by atoms with Gasteiger partial charge in [0.05, 0.1) is 0 Å². The number of nitrogens with one attached hydrogen (secondary N) is 1. The van der Waals surface area contributed by atoms with Gasteiger partial charge in [-0.1, -0.05) is 49.6 Å². The Morgan fingerprint density at radius 2 is 1.72 bits per heavy atom. The zero-order valence-corrected chi connectivity index (χ0v) is 14.2. The quantitative estimate of drug-likeness (QED) is 0.823. The Labute approximate surface area is 147 Å². The Hall–Kier alpha value is -2.23. The number of carbonyl (C=O) groups is 1. The molecule has 0 radical (unpaired) electrons. The molecule has 0 bridgehead atoms. The van der Waals surface area contributed by atoms with Gasteiger partial charge in [0, 0.05) is 11.6 Å². The highest BCUT2D eigenvalue weighted by Crippen LogP contribution is 2.28. The first-order valence-electron chi connectivity index (χ1n) is 8.93. The van der Waals surface area contributed by atoms with Crippen molar-refractivity contribution in [3.63, 3.8) is 0 Å². The average Bonchev–Trinajstić information content (AvgIpc) is 2.65. The first kappa shape index (κ1) is 17.6. The van der Waals surface area contributed by atoms with Crippen LogP contribution in [0.5, 0.6) is 0 Å². The smallest absolute Gasteiger partial charge is 0.251 e. The second kappa shape index (κ2) is 8.24. The molecule has 1 aliphatic carbocycles. The number of halogens is 2. The zero-order chi connectivity index (χ0) is 17.6. The first-order valence-corrected chi connectivity index (χ1v) is 8.93. The fraction of sp³-hybridized carbons (Fsp3) is 0.381. The van der Waals surface area contributed by atoms with Gasteiger partial charge in [-0.25, -0.2) is 8.78 Å². The maximum Gasteiger partial charge on any atom is 0.251 e.